The van der Waals surface area contributed by atoms with Crippen molar-refractivity contribution in [3.8, 4) is 0 Å². The van der Waals surface area contributed by atoms with E-state index < -0.39 is 23.1 Å². The molecule has 5 nitrogen and oxygen atoms in total. The van der Waals surface area contributed by atoms with Crippen LogP contribution in [0, 0.1) is 11.6 Å². The summed E-state index contributed by atoms with van der Waals surface area (Å²) in [5.74, 6) is -2.44. The van der Waals surface area contributed by atoms with E-state index >= 15 is 0 Å². The number of nitrogens with zero attached hydrogens (tertiary/aromatic N) is 3. The maximum atomic E-state index is 13.7. The quantitative estimate of drug-likeness (QED) is 0.661. The minimum atomic E-state index is -0.853. The Morgan fingerprint density at radius 3 is 2.59 bits per heavy atom. The summed E-state index contributed by atoms with van der Waals surface area (Å²) in [4.78, 5) is 21.2. The summed E-state index contributed by atoms with van der Waals surface area (Å²) in [5.41, 5.74) is 0.410. The molecule has 2 aromatic carbocycles. The summed E-state index contributed by atoms with van der Waals surface area (Å²) in [7, 11) is 0. The van der Waals surface area contributed by atoms with Gasteiger partial charge in [0, 0.05) is 44.3 Å². The Balaban J connectivity index is 1.27. The lowest BCUT2D eigenvalue weighted by Crippen LogP contribution is -2.48. The molecule has 29 heavy (non-hydrogen) atoms. The lowest BCUT2D eigenvalue weighted by Gasteiger charge is -2.34. The molecule has 1 saturated heterocycles. The first-order valence-electron chi connectivity index (χ1n) is 9.27. The van der Waals surface area contributed by atoms with Gasteiger partial charge in [-0.2, -0.15) is 0 Å². The Morgan fingerprint density at radius 1 is 1.14 bits per heavy atom. The zero-order valence-electron chi connectivity index (χ0n) is 15.5. The standard InChI is InChI=1S/C20H19ClF2N4OS/c21-13-4-5-16-17(12-13)29-20(25-16)27-10-8-26(9-11-27)7-6-24-19(28)18-14(22)2-1-3-15(18)23/h1-5,12H,6-11H2,(H,24,28). The molecule has 0 unspecified atom stereocenters. The molecule has 0 saturated carbocycles. The van der Waals surface area contributed by atoms with Crippen LogP contribution < -0.4 is 10.2 Å². The Bertz CT molecular complexity index is 1020. The second-order valence-electron chi connectivity index (χ2n) is 6.79. The van der Waals surface area contributed by atoms with Crippen LogP contribution in [0.5, 0.6) is 0 Å². The third kappa shape index (κ3) is 4.49. The highest BCUT2D eigenvalue weighted by molar-refractivity contribution is 7.22. The number of carbonyl (C=O) groups is 1. The van der Waals surface area contributed by atoms with Gasteiger partial charge in [0.05, 0.1) is 10.2 Å². The smallest absolute Gasteiger partial charge is 0.257 e. The summed E-state index contributed by atoms with van der Waals surface area (Å²) in [6.07, 6.45) is 0. The van der Waals surface area contributed by atoms with Crippen LogP contribution in [-0.2, 0) is 0 Å². The minimum Gasteiger partial charge on any atom is -0.351 e. The molecule has 0 radical (unpaired) electrons. The zero-order chi connectivity index (χ0) is 20.4. The highest BCUT2D eigenvalue weighted by Gasteiger charge is 2.21. The van der Waals surface area contributed by atoms with Crippen LogP contribution >= 0.6 is 22.9 Å². The van der Waals surface area contributed by atoms with E-state index in [-0.39, 0.29) is 0 Å². The average molecular weight is 437 g/mol. The number of benzene rings is 2. The fourth-order valence-electron chi connectivity index (χ4n) is 3.31. The molecule has 0 atom stereocenters. The van der Waals surface area contributed by atoms with Crippen molar-refractivity contribution in [3.05, 3.63) is 58.6 Å². The number of hydrogen-bond acceptors (Lipinski definition) is 5. The van der Waals surface area contributed by atoms with Gasteiger partial charge in [-0.25, -0.2) is 13.8 Å². The van der Waals surface area contributed by atoms with Gasteiger partial charge in [0.1, 0.15) is 17.2 Å². The van der Waals surface area contributed by atoms with Gasteiger partial charge >= 0.3 is 0 Å². The predicted molar refractivity (Wildman–Crippen MR) is 112 cm³/mol. The molecule has 0 aliphatic carbocycles. The summed E-state index contributed by atoms with van der Waals surface area (Å²) in [6, 6.07) is 9.08. The Morgan fingerprint density at radius 2 is 1.86 bits per heavy atom. The molecular weight excluding hydrogens is 418 g/mol. The summed E-state index contributed by atoms with van der Waals surface area (Å²) in [6.45, 7) is 4.23. The van der Waals surface area contributed by atoms with Crippen LogP contribution in [0.15, 0.2) is 36.4 Å². The van der Waals surface area contributed by atoms with Crippen molar-refractivity contribution in [3.63, 3.8) is 0 Å². The van der Waals surface area contributed by atoms with E-state index in [1.54, 1.807) is 11.3 Å². The van der Waals surface area contributed by atoms with Crippen molar-refractivity contribution in [1.29, 1.82) is 0 Å². The van der Waals surface area contributed by atoms with Crippen LogP contribution in [0.3, 0.4) is 0 Å². The van der Waals surface area contributed by atoms with Crippen molar-refractivity contribution in [2.24, 2.45) is 0 Å². The van der Waals surface area contributed by atoms with E-state index in [1.807, 2.05) is 18.2 Å². The van der Waals surface area contributed by atoms with E-state index in [9.17, 15) is 13.6 Å². The number of halogens is 3. The number of nitrogens with one attached hydrogen (secondary N) is 1. The van der Waals surface area contributed by atoms with Gasteiger partial charge in [0.25, 0.3) is 5.91 Å². The normalized spacial score (nSPS) is 15.1. The van der Waals surface area contributed by atoms with E-state index in [0.29, 0.717) is 18.1 Å². The van der Waals surface area contributed by atoms with Gasteiger partial charge in [-0.1, -0.05) is 29.0 Å². The van der Waals surface area contributed by atoms with Crippen LogP contribution in [-0.4, -0.2) is 55.1 Å². The van der Waals surface area contributed by atoms with Gasteiger partial charge in [-0.3, -0.25) is 9.69 Å². The highest BCUT2D eigenvalue weighted by Crippen LogP contribution is 2.31. The molecular formula is C20H19ClF2N4OS. The fourth-order valence-corrected chi connectivity index (χ4v) is 4.61. The maximum Gasteiger partial charge on any atom is 0.257 e. The highest BCUT2D eigenvalue weighted by atomic mass is 35.5. The van der Waals surface area contributed by atoms with Gasteiger partial charge in [0.2, 0.25) is 0 Å². The predicted octanol–water partition coefficient (Wildman–Crippen LogP) is 3.78. The molecule has 0 spiro atoms. The number of anilines is 1. The zero-order valence-corrected chi connectivity index (χ0v) is 17.1. The first-order chi connectivity index (χ1) is 14.0. The second kappa shape index (κ2) is 8.61. The van der Waals surface area contributed by atoms with Crippen molar-refractivity contribution in [2.75, 3.05) is 44.2 Å². The topological polar surface area (TPSA) is 48.5 Å². The fraction of sp³-hybridized carbons (Fsp3) is 0.300. The molecule has 1 aromatic heterocycles. The van der Waals surface area contributed by atoms with Gasteiger partial charge in [0.15, 0.2) is 5.13 Å². The summed E-state index contributed by atoms with van der Waals surface area (Å²) < 4.78 is 28.4. The van der Waals surface area contributed by atoms with Crippen molar-refractivity contribution < 1.29 is 13.6 Å². The molecule has 2 heterocycles. The molecule has 1 N–H and O–H groups in total. The van der Waals surface area contributed by atoms with Crippen molar-refractivity contribution in [2.45, 2.75) is 0 Å². The van der Waals surface area contributed by atoms with Crippen LogP contribution in [0.25, 0.3) is 10.2 Å². The van der Waals surface area contributed by atoms with Gasteiger partial charge in [-0.15, -0.1) is 0 Å². The van der Waals surface area contributed by atoms with E-state index in [1.165, 1.54) is 6.07 Å². The third-order valence-corrected chi connectivity index (χ3v) is 6.20. The molecule has 152 valence electrons. The molecule has 1 aliphatic rings. The molecule has 4 rings (SSSR count). The monoisotopic (exact) mass is 436 g/mol. The van der Waals surface area contributed by atoms with Crippen molar-refractivity contribution >= 4 is 44.2 Å². The largest absolute Gasteiger partial charge is 0.351 e. The Kier molecular flexibility index (Phi) is 5.94. The number of rotatable bonds is 5. The molecule has 3 aromatic rings. The van der Waals surface area contributed by atoms with Crippen LogP contribution in [0.2, 0.25) is 5.02 Å². The lowest BCUT2D eigenvalue weighted by molar-refractivity contribution is 0.0939. The van der Waals surface area contributed by atoms with Crippen molar-refractivity contribution in [1.82, 2.24) is 15.2 Å². The molecule has 1 fully saturated rings. The van der Waals surface area contributed by atoms with E-state index in [2.05, 4.69) is 20.1 Å². The number of amides is 1. The number of fused-ring (bicyclic) bond motifs is 1. The van der Waals surface area contributed by atoms with Gasteiger partial charge in [-0.05, 0) is 30.3 Å². The van der Waals surface area contributed by atoms with Gasteiger partial charge < -0.3 is 10.2 Å². The molecule has 9 heteroatoms. The summed E-state index contributed by atoms with van der Waals surface area (Å²) >= 11 is 7.67. The number of piperazine rings is 1. The number of aromatic nitrogens is 1. The number of thiazole rings is 1. The Hall–Kier alpha value is -2.29. The minimum absolute atomic E-state index is 0.326. The third-order valence-electron chi connectivity index (χ3n) is 4.89. The van der Waals surface area contributed by atoms with Crippen LogP contribution in [0.1, 0.15) is 10.4 Å². The lowest BCUT2D eigenvalue weighted by atomic mass is 10.2. The molecule has 1 amide bonds. The first kappa shape index (κ1) is 20.0. The summed E-state index contributed by atoms with van der Waals surface area (Å²) in [5, 5.41) is 4.28. The van der Waals surface area contributed by atoms with E-state index in [4.69, 9.17) is 11.6 Å². The number of carbonyl (C=O) groups excluding carboxylic acids is 1. The number of hydrogen-bond donors (Lipinski definition) is 1. The van der Waals surface area contributed by atoms with Crippen LogP contribution in [0.4, 0.5) is 13.9 Å². The second-order valence-corrected chi connectivity index (χ2v) is 8.24. The Labute approximate surface area is 175 Å². The molecule has 0 bridgehead atoms. The average Bonchev–Trinajstić information content (AvgIpc) is 3.11. The first-order valence-corrected chi connectivity index (χ1v) is 10.5. The maximum absolute atomic E-state index is 13.7. The molecule has 1 aliphatic heterocycles. The SMILES string of the molecule is O=C(NCCN1CCN(c2nc3ccc(Cl)cc3s2)CC1)c1c(F)cccc1F. The van der Waals surface area contributed by atoms with E-state index in [0.717, 1.165) is 53.7 Å².